The molecule has 1 aliphatic rings. The molecule has 7 heteroatoms. The molecule has 0 bridgehead atoms. The van der Waals surface area contributed by atoms with Crippen LogP contribution in [0.15, 0.2) is 6.07 Å². The van der Waals surface area contributed by atoms with Crippen LogP contribution in [-0.2, 0) is 16.1 Å². The Morgan fingerprint density at radius 2 is 2.40 bits per heavy atom. The van der Waals surface area contributed by atoms with Gasteiger partial charge in [-0.05, 0) is 6.92 Å². The summed E-state index contributed by atoms with van der Waals surface area (Å²) in [5, 5.41) is 12.5. The number of aromatic nitrogens is 2. The molecule has 2 N–H and O–H groups in total. The summed E-state index contributed by atoms with van der Waals surface area (Å²) < 4.78 is 10.8. The molecule has 0 radical (unpaired) electrons. The van der Waals surface area contributed by atoms with Crippen LogP contribution in [0.1, 0.15) is 12.7 Å². The Labute approximate surface area is 118 Å². The van der Waals surface area contributed by atoms with Gasteiger partial charge >= 0.3 is 0 Å². The maximum atomic E-state index is 9.45. The Morgan fingerprint density at radius 3 is 3.10 bits per heavy atom. The topological polar surface area (TPSA) is 79.7 Å². The first-order valence-electron chi connectivity index (χ1n) is 6.87. The normalized spacial score (nSPS) is 19.1. The number of aliphatic hydroxyl groups excluding tert-OH is 1. The van der Waals surface area contributed by atoms with E-state index in [1.807, 2.05) is 20.0 Å². The van der Waals surface area contributed by atoms with Crippen LogP contribution in [0.3, 0.4) is 0 Å². The third kappa shape index (κ3) is 3.56. The fraction of sp³-hybridized carbons (Fsp3) is 0.692. The third-order valence-corrected chi connectivity index (χ3v) is 3.18. The molecule has 1 saturated heterocycles. The molecule has 1 aromatic heterocycles. The lowest BCUT2D eigenvalue weighted by atomic mass is 10.2. The van der Waals surface area contributed by atoms with Gasteiger partial charge in [0.25, 0.3) is 0 Å². The van der Waals surface area contributed by atoms with Crippen molar-refractivity contribution in [2.75, 3.05) is 50.2 Å². The van der Waals surface area contributed by atoms with Crippen LogP contribution in [0.5, 0.6) is 0 Å². The molecule has 1 aliphatic heterocycles. The second kappa shape index (κ2) is 7.37. The SMILES string of the molecule is CCOCc1nc(NC)cc(N2CCOCC2CO)n1. The summed E-state index contributed by atoms with van der Waals surface area (Å²) >= 11 is 0. The first kappa shape index (κ1) is 15.0. The van der Waals surface area contributed by atoms with Gasteiger partial charge in [-0.15, -0.1) is 0 Å². The monoisotopic (exact) mass is 282 g/mol. The standard InChI is InChI=1S/C13H22N4O3/c1-3-19-9-12-15-11(14-2)6-13(16-12)17-4-5-20-8-10(17)7-18/h6,10,18H,3-5,7-9H2,1-2H3,(H,14,15,16). The summed E-state index contributed by atoms with van der Waals surface area (Å²) in [5.41, 5.74) is 0. The number of nitrogens with zero attached hydrogens (tertiary/aromatic N) is 3. The molecule has 1 unspecified atom stereocenters. The van der Waals surface area contributed by atoms with Gasteiger partial charge in [0.05, 0.1) is 25.9 Å². The molecule has 0 aromatic carbocycles. The minimum atomic E-state index is -0.0664. The number of rotatable bonds is 6. The molecule has 2 rings (SSSR count). The number of morpholine rings is 1. The number of aliphatic hydroxyl groups is 1. The Morgan fingerprint density at radius 1 is 1.55 bits per heavy atom. The number of ether oxygens (including phenoxy) is 2. The van der Waals surface area contributed by atoms with E-state index >= 15 is 0 Å². The lowest BCUT2D eigenvalue weighted by Gasteiger charge is -2.35. The van der Waals surface area contributed by atoms with E-state index in [1.165, 1.54) is 0 Å². The molecular formula is C13H22N4O3. The summed E-state index contributed by atoms with van der Waals surface area (Å²) in [7, 11) is 1.82. The van der Waals surface area contributed by atoms with Gasteiger partial charge in [0.2, 0.25) is 0 Å². The first-order valence-corrected chi connectivity index (χ1v) is 6.87. The second-order valence-corrected chi connectivity index (χ2v) is 4.52. The molecule has 7 nitrogen and oxygen atoms in total. The van der Waals surface area contributed by atoms with Crippen molar-refractivity contribution in [3.8, 4) is 0 Å². The summed E-state index contributed by atoms with van der Waals surface area (Å²) in [4.78, 5) is 10.9. The van der Waals surface area contributed by atoms with Crippen molar-refractivity contribution in [2.24, 2.45) is 0 Å². The van der Waals surface area contributed by atoms with Crippen LogP contribution < -0.4 is 10.2 Å². The number of hydrogen-bond acceptors (Lipinski definition) is 7. The fourth-order valence-electron chi connectivity index (χ4n) is 2.12. The fourth-order valence-corrected chi connectivity index (χ4v) is 2.12. The number of nitrogens with one attached hydrogen (secondary N) is 1. The average molecular weight is 282 g/mol. The van der Waals surface area contributed by atoms with Gasteiger partial charge in [-0.25, -0.2) is 9.97 Å². The molecule has 112 valence electrons. The van der Waals surface area contributed by atoms with Crippen LogP contribution >= 0.6 is 0 Å². The van der Waals surface area contributed by atoms with Gasteiger partial charge in [0, 0.05) is 26.3 Å². The van der Waals surface area contributed by atoms with E-state index in [4.69, 9.17) is 9.47 Å². The predicted octanol–water partition coefficient (Wildman–Crippen LogP) is 0.252. The molecule has 0 saturated carbocycles. The van der Waals surface area contributed by atoms with Crippen molar-refractivity contribution in [2.45, 2.75) is 19.6 Å². The summed E-state index contributed by atoms with van der Waals surface area (Å²) in [6.45, 7) is 4.84. The average Bonchev–Trinajstić information content (AvgIpc) is 2.52. The van der Waals surface area contributed by atoms with E-state index < -0.39 is 0 Å². The molecule has 1 fully saturated rings. The maximum absolute atomic E-state index is 9.45. The third-order valence-electron chi connectivity index (χ3n) is 3.18. The van der Waals surface area contributed by atoms with Gasteiger partial charge in [0.15, 0.2) is 5.82 Å². The molecule has 1 aromatic rings. The van der Waals surface area contributed by atoms with Crippen LogP contribution in [0.4, 0.5) is 11.6 Å². The van der Waals surface area contributed by atoms with Crippen molar-refractivity contribution < 1.29 is 14.6 Å². The van der Waals surface area contributed by atoms with E-state index in [9.17, 15) is 5.11 Å². The molecule has 20 heavy (non-hydrogen) atoms. The zero-order valence-corrected chi connectivity index (χ0v) is 12.0. The highest BCUT2D eigenvalue weighted by Gasteiger charge is 2.24. The second-order valence-electron chi connectivity index (χ2n) is 4.52. The van der Waals surface area contributed by atoms with Crippen LogP contribution in [0.2, 0.25) is 0 Å². The number of anilines is 2. The van der Waals surface area contributed by atoms with Crippen LogP contribution in [0, 0.1) is 0 Å². The van der Waals surface area contributed by atoms with Gasteiger partial charge < -0.3 is 24.8 Å². The smallest absolute Gasteiger partial charge is 0.158 e. The van der Waals surface area contributed by atoms with Gasteiger partial charge in [0.1, 0.15) is 18.2 Å². The van der Waals surface area contributed by atoms with E-state index in [1.54, 1.807) is 0 Å². The lowest BCUT2D eigenvalue weighted by molar-refractivity contribution is 0.0721. The highest BCUT2D eigenvalue weighted by atomic mass is 16.5. The predicted molar refractivity (Wildman–Crippen MR) is 75.9 cm³/mol. The van der Waals surface area contributed by atoms with E-state index in [0.29, 0.717) is 38.8 Å². The Kier molecular flexibility index (Phi) is 5.51. The molecule has 0 aliphatic carbocycles. The van der Waals surface area contributed by atoms with Gasteiger partial charge in [-0.3, -0.25) is 0 Å². The molecule has 1 atom stereocenters. The molecular weight excluding hydrogens is 260 g/mol. The Bertz CT molecular complexity index is 430. The quantitative estimate of drug-likeness (QED) is 0.774. The van der Waals surface area contributed by atoms with Crippen molar-refractivity contribution in [1.29, 1.82) is 0 Å². The van der Waals surface area contributed by atoms with E-state index in [-0.39, 0.29) is 12.6 Å². The van der Waals surface area contributed by atoms with E-state index in [2.05, 4.69) is 20.2 Å². The van der Waals surface area contributed by atoms with Crippen molar-refractivity contribution >= 4 is 11.6 Å². The van der Waals surface area contributed by atoms with Crippen molar-refractivity contribution in [3.63, 3.8) is 0 Å². The van der Waals surface area contributed by atoms with Crippen LogP contribution in [0.25, 0.3) is 0 Å². The lowest BCUT2D eigenvalue weighted by Crippen LogP contribution is -2.48. The number of hydrogen-bond donors (Lipinski definition) is 2. The Hall–Kier alpha value is -1.44. The first-order chi connectivity index (χ1) is 9.78. The van der Waals surface area contributed by atoms with Crippen molar-refractivity contribution in [1.82, 2.24) is 9.97 Å². The highest BCUT2D eigenvalue weighted by molar-refractivity contribution is 5.50. The van der Waals surface area contributed by atoms with E-state index in [0.717, 1.165) is 11.6 Å². The molecule has 0 spiro atoms. The van der Waals surface area contributed by atoms with Crippen molar-refractivity contribution in [3.05, 3.63) is 11.9 Å². The molecule has 2 heterocycles. The largest absolute Gasteiger partial charge is 0.394 e. The van der Waals surface area contributed by atoms with Crippen LogP contribution in [-0.4, -0.2) is 61.1 Å². The minimum absolute atomic E-state index is 0.0414. The van der Waals surface area contributed by atoms with Gasteiger partial charge in [-0.2, -0.15) is 0 Å². The Balaban J connectivity index is 2.24. The minimum Gasteiger partial charge on any atom is -0.394 e. The summed E-state index contributed by atoms with van der Waals surface area (Å²) in [6, 6.07) is 1.81. The summed E-state index contributed by atoms with van der Waals surface area (Å²) in [5.74, 6) is 2.17. The zero-order valence-electron chi connectivity index (χ0n) is 12.0. The molecule has 0 amide bonds. The highest BCUT2D eigenvalue weighted by Crippen LogP contribution is 2.20. The maximum Gasteiger partial charge on any atom is 0.158 e. The summed E-state index contributed by atoms with van der Waals surface area (Å²) in [6.07, 6.45) is 0. The zero-order chi connectivity index (χ0) is 14.4. The van der Waals surface area contributed by atoms with Gasteiger partial charge in [-0.1, -0.05) is 0 Å².